The number of halogens is 4. The number of rotatable bonds is 5. The minimum Gasteiger partial charge on any atom is -0.368 e. The van der Waals surface area contributed by atoms with E-state index >= 15 is 0 Å². The van der Waals surface area contributed by atoms with Crippen molar-refractivity contribution in [2.75, 3.05) is 18.4 Å². The van der Waals surface area contributed by atoms with Crippen molar-refractivity contribution in [2.45, 2.75) is 32.0 Å². The van der Waals surface area contributed by atoms with Crippen molar-refractivity contribution in [3.8, 4) is 11.4 Å². The summed E-state index contributed by atoms with van der Waals surface area (Å²) in [6, 6.07) is 7.87. The van der Waals surface area contributed by atoms with Crippen molar-refractivity contribution >= 4 is 11.7 Å². The van der Waals surface area contributed by atoms with Crippen molar-refractivity contribution in [3.63, 3.8) is 0 Å². The summed E-state index contributed by atoms with van der Waals surface area (Å²) in [5.41, 5.74) is -0.628. The van der Waals surface area contributed by atoms with E-state index in [2.05, 4.69) is 20.3 Å². The molecule has 2 aromatic heterocycles. The number of alkyl halides is 3. The Morgan fingerprint density at radius 2 is 1.88 bits per heavy atom. The summed E-state index contributed by atoms with van der Waals surface area (Å²) in [7, 11) is 0. The van der Waals surface area contributed by atoms with Crippen LogP contribution in [0, 0.1) is 11.7 Å². The number of aromatic nitrogens is 3. The predicted molar refractivity (Wildman–Crippen MR) is 118 cm³/mol. The molecule has 1 amide bonds. The van der Waals surface area contributed by atoms with Gasteiger partial charge in [-0.3, -0.25) is 4.79 Å². The molecule has 0 spiro atoms. The fourth-order valence-electron chi connectivity index (χ4n) is 4.20. The minimum absolute atomic E-state index is 0.0860. The molecule has 0 saturated carbocycles. The number of carbonyl (C=O) groups is 1. The van der Waals surface area contributed by atoms with Gasteiger partial charge in [-0.2, -0.15) is 13.2 Å². The van der Waals surface area contributed by atoms with Crippen LogP contribution in [0.3, 0.4) is 0 Å². The van der Waals surface area contributed by atoms with Crippen molar-refractivity contribution in [1.82, 2.24) is 19.9 Å². The van der Waals surface area contributed by atoms with Crippen LogP contribution in [0.15, 0.2) is 55.0 Å². The lowest BCUT2D eigenvalue weighted by atomic mass is 9.89. The summed E-state index contributed by atoms with van der Waals surface area (Å²) in [6.07, 6.45) is 0.964. The zero-order valence-electron chi connectivity index (χ0n) is 18.4. The lowest BCUT2D eigenvalue weighted by Gasteiger charge is -2.40. The molecule has 1 N–H and O–H groups in total. The highest BCUT2D eigenvalue weighted by Crippen LogP contribution is 2.31. The van der Waals surface area contributed by atoms with Crippen molar-refractivity contribution in [2.24, 2.45) is 5.92 Å². The van der Waals surface area contributed by atoms with E-state index < -0.39 is 23.5 Å². The number of piperidine rings is 1. The fourth-order valence-corrected chi connectivity index (χ4v) is 4.20. The number of pyridine rings is 1. The molecule has 178 valence electrons. The second kappa shape index (κ2) is 9.74. The molecule has 1 aromatic carbocycles. The first kappa shape index (κ1) is 23.6. The number of nitrogens with one attached hydrogen (secondary N) is 1. The molecule has 2 atom stereocenters. The first-order valence-corrected chi connectivity index (χ1v) is 10.9. The second-order valence-electron chi connectivity index (χ2n) is 8.23. The van der Waals surface area contributed by atoms with Gasteiger partial charge in [0, 0.05) is 37.2 Å². The Morgan fingerprint density at radius 3 is 2.56 bits per heavy atom. The van der Waals surface area contributed by atoms with E-state index in [0.717, 1.165) is 25.1 Å². The smallest absolute Gasteiger partial charge is 0.368 e. The number of hydrogen-bond donors (Lipinski definition) is 1. The molecule has 3 aromatic rings. The largest absolute Gasteiger partial charge is 0.417 e. The number of nitrogens with zero attached hydrogens (tertiary/aromatic N) is 4. The molecule has 1 fully saturated rings. The monoisotopic (exact) mass is 473 g/mol. The van der Waals surface area contributed by atoms with Crippen LogP contribution in [0.5, 0.6) is 0 Å². The van der Waals surface area contributed by atoms with Gasteiger partial charge in [-0.25, -0.2) is 19.3 Å². The summed E-state index contributed by atoms with van der Waals surface area (Å²) in [6.45, 7) is 2.69. The third-order valence-electron chi connectivity index (χ3n) is 5.99. The molecule has 1 aliphatic heterocycles. The lowest BCUT2D eigenvalue weighted by Crippen LogP contribution is -2.51. The molecule has 4 rings (SSSR count). The highest BCUT2D eigenvalue weighted by atomic mass is 19.4. The first-order chi connectivity index (χ1) is 16.3. The molecule has 3 heterocycles. The van der Waals surface area contributed by atoms with Gasteiger partial charge in [-0.05, 0) is 43.0 Å². The molecule has 34 heavy (non-hydrogen) atoms. The van der Waals surface area contributed by atoms with Gasteiger partial charge in [-0.1, -0.05) is 19.1 Å². The van der Waals surface area contributed by atoms with Crippen LogP contribution in [-0.4, -0.2) is 44.9 Å². The summed E-state index contributed by atoms with van der Waals surface area (Å²) < 4.78 is 53.3. The summed E-state index contributed by atoms with van der Waals surface area (Å²) in [4.78, 5) is 27.4. The van der Waals surface area contributed by atoms with Crippen LogP contribution in [0.2, 0.25) is 0 Å². The van der Waals surface area contributed by atoms with Crippen molar-refractivity contribution < 1.29 is 22.4 Å². The molecule has 6 nitrogen and oxygen atoms in total. The molecule has 0 bridgehead atoms. The fraction of sp³-hybridized carbons (Fsp3) is 0.333. The minimum atomic E-state index is -4.47. The molecular formula is C24H23F4N5O. The summed E-state index contributed by atoms with van der Waals surface area (Å²) in [5.74, 6) is -0.534. The van der Waals surface area contributed by atoms with Gasteiger partial charge in [0.2, 0.25) is 0 Å². The molecule has 1 aliphatic rings. The van der Waals surface area contributed by atoms with Gasteiger partial charge in [0.25, 0.3) is 5.91 Å². The van der Waals surface area contributed by atoms with Crippen molar-refractivity contribution in [3.05, 3.63) is 71.9 Å². The van der Waals surface area contributed by atoms with Gasteiger partial charge >= 0.3 is 6.18 Å². The second-order valence-corrected chi connectivity index (χ2v) is 8.23. The Labute approximate surface area is 194 Å². The van der Waals surface area contributed by atoms with Gasteiger partial charge in [0.15, 0.2) is 5.82 Å². The van der Waals surface area contributed by atoms with Crippen LogP contribution >= 0.6 is 0 Å². The van der Waals surface area contributed by atoms with E-state index in [1.807, 2.05) is 6.92 Å². The highest BCUT2D eigenvalue weighted by molar-refractivity contribution is 6.00. The van der Waals surface area contributed by atoms with E-state index in [1.54, 1.807) is 17.0 Å². The average molecular weight is 473 g/mol. The zero-order valence-corrected chi connectivity index (χ0v) is 18.4. The van der Waals surface area contributed by atoms with E-state index in [4.69, 9.17) is 0 Å². The molecule has 1 unspecified atom stereocenters. The Bertz CT molecular complexity index is 1140. The number of amides is 1. The van der Waals surface area contributed by atoms with Gasteiger partial charge < -0.3 is 10.2 Å². The molecule has 10 heteroatoms. The number of carbonyl (C=O) groups excluding carboxylic acids is 1. The third kappa shape index (κ3) is 5.00. The highest BCUT2D eigenvalue weighted by Gasteiger charge is 2.35. The van der Waals surface area contributed by atoms with E-state index in [0.29, 0.717) is 12.1 Å². The van der Waals surface area contributed by atoms with Crippen molar-refractivity contribution in [1.29, 1.82) is 0 Å². The molecule has 0 radical (unpaired) electrons. The molecule has 1 saturated heterocycles. The average Bonchev–Trinajstić information content (AvgIpc) is 2.83. The summed E-state index contributed by atoms with van der Waals surface area (Å²) >= 11 is 0. The van der Waals surface area contributed by atoms with Gasteiger partial charge in [0.05, 0.1) is 17.2 Å². The van der Waals surface area contributed by atoms with Gasteiger partial charge in [-0.15, -0.1) is 0 Å². The molecular weight excluding hydrogens is 450 g/mol. The van der Waals surface area contributed by atoms with E-state index in [-0.39, 0.29) is 35.7 Å². The molecule has 0 aliphatic carbocycles. The summed E-state index contributed by atoms with van der Waals surface area (Å²) in [5, 5.41) is 3.03. The van der Waals surface area contributed by atoms with E-state index in [1.165, 1.54) is 30.6 Å². The Hall–Kier alpha value is -3.56. The Kier molecular flexibility index (Phi) is 6.76. The zero-order chi connectivity index (χ0) is 24.3. The van der Waals surface area contributed by atoms with E-state index in [9.17, 15) is 22.4 Å². The SMILES string of the molecule is C[C@@H]1CCCN(C(=O)c2c(F)cccc2-c2ncccn2)C1CNc1ccc(C(F)(F)F)cn1. The van der Waals surface area contributed by atoms with Crippen LogP contribution in [-0.2, 0) is 6.18 Å². The van der Waals surface area contributed by atoms with Crippen LogP contribution < -0.4 is 5.32 Å². The first-order valence-electron chi connectivity index (χ1n) is 10.9. The van der Waals surface area contributed by atoms with Crippen LogP contribution in [0.4, 0.5) is 23.4 Å². The number of hydrogen-bond acceptors (Lipinski definition) is 5. The maximum Gasteiger partial charge on any atom is 0.417 e. The van der Waals surface area contributed by atoms with Gasteiger partial charge in [0.1, 0.15) is 11.6 Å². The number of likely N-dealkylation sites (tertiary alicyclic amines) is 1. The Balaban J connectivity index is 1.58. The third-order valence-corrected chi connectivity index (χ3v) is 5.99. The normalized spacial score (nSPS) is 18.6. The number of benzene rings is 1. The Morgan fingerprint density at radius 1 is 1.12 bits per heavy atom. The van der Waals surface area contributed by atoms with Crippen LogP contribution in [0.1, 0.15) is 35.7 Å². The predicted octanol–water partition coefficient (Wildman–Crippen LogP) is 5.05. The lowest BCUT2D eigenvalue weighted by molar-refractivity contribution is -0.137. The standard InChI is InChI=1S/C24H23F4N5O/c1-15-5-3-12-33(19(15)14-32-20-9-8-16(13-31-20)24(26,27)28)23(34)21-17(6-2-7-18(21)25)22-29-10-4-11-30-22/h2,4,6-11,13,15,19H,3,5,12,14H2,1H3,(H,31,32)/t15-,19?/m1/s1. The quantitative estimate of drug-likeness (QED) is 0.525. The van der Waals surface area contributed by atoms with Crippen LogP contribution in [0.25, 0.3) is 11.4 Å². The maximum atomic E-state index is 14.9. The topological polar surface area (TPSA) is 71.0 Å². The number of anilines is 1. The maximum absolute atomic E-state index is 14.9.